The Morgan fingerprint density at radius 3 is 1.34 bits per heavy atom. The second kappa shape index (κ2) is 32.4. The molecule has 3 aliphatic rings. The monoisotopic (exact) mass is 1200 g/mol. The van der Waals surface area contributed by atoms with Crippen molar-refractivity contribution in [2.45, 2.75) is 119 Å². The molecule has 3 heterocycles. The van der Waals surface area contributed by atoms with E-state index in [1.807, 2.05) is 91.0 Å². The van der Waals surface area contributed by atoms with Gasteiger partial charge in [0.25, 0.3) is 0 Å². The molecule has 6 aromatic rings. The first-order valence-corrected chi connectivity index (χ1v) is 28.2. The summed E-state index contributed by atoms with van der Waals surface area (Å²) in [5, 5.41) is 0. The summed E-state index contributed by atoms with van der Waals surface area (Å²) in [5.41, 5.74) is 2.79. The third kappa shape index (κ3) is 16.9. The predicted octanol–water partition coefficient (Wildman–Crippen LogP) is 8.28. The summed E-state index contributed by atoms with van der Waals surface area (Å²) in [5.74, 6) is -3.44. The lowest BCUT2D eigenvalue weighted by atomic mass is 9.95. The summed E-state index contributed by atoms with van der Waals surface area (Å²) >= 11 is 0. The van der Waals surface area contributed by atoms with Crippen molar-refractivity contribution in [2.24, 2.45) is 0 Å². The highest BCUT2D eigenvalue weighted by Gasteiger charge is 2.59. The molecule has 3 saturated heterocycles. The van der Waals surface area contributed by atoms with Gasteiger partial charge in [-0.25, -0.2) is 38.7 Å². The van der Waals surface area contributed by atoms with Crippen LogP contribution in [0.4, 0.5) is 0 Å². The molecule has 0 amide bonds. The van der Waals surface area contributed by atoms with Crippen LogP contribution in [-0.2, 0) is 106 Å². The van der Waals surface area contributed by atoms with E-state index in [1.165, 1.54) is 44.6 Å². The van der Waals surface area contributed by atoms with E-state index in [2.05, 4.69) is 6.58 Å². The van der Waals surface area contributed by atoms with Gasteiger partial charge in [-0.3, -0.25) is 0 Å². The number of carbonyl (C=O) groups excluding carboxylic acids is 4. The largest absolute Gasteiger partial charge is 0.467 e. The molecule has 0 aromatic heterocycles. The van der Waals surface area contributed by atoms with Gasteiger partial charge in [0.1, 0.15) is 30.5 Å². The normalized spacial score (nSPS) is 27.1. The number of ether oxygens (including phenoxy) is 13. The van der Waals surface area contributed by atoms with E-state index in [9.17, 15) is 19.2 Å². The van der Waals surface area contributed by atoms with Crippen molar-refractivity contribution in [3.63, 3.8) is 0 Å². The smallest absolute Gasteiger partial charge is 0.338 e. The minimum Gasteiger partial charge on any atom is -0.467 e. The van der Waals surface area contributed by atoms with E-state index in [4.69, 9.17) is 81.1 Å². The van der Waals surface area contributed by atoms with Crippen molar-refractivity contribution in [3.05, 3.63) is 228 Å². The van der Waals surface area contributed by atoms with E-state index >= 15 is 0 Å². The van der Waals surface area contributed by atoms with Crippen molar-refractivity contribution in [2.75, 3.05) is 34.5 Å². The standard InChI is InChI=1S/C66H70O21/c1-6-37-75-64-59(55(87-73-5)54(86-72-4)56(83-64)63(70)71-3)85-66-57(52(77-40-45-29-17-9-18-30-45)51(76-39-44-27-15-8-16-28-44)49(79-66)41-74-38-43-25-13-7-14-26-43)84-65-58(82-62(69)48-35-23-12-24-36-48)53(81-61(68)47-33-21-11-22-34-47)50(42(2)78-65)80-60(67)46-31-19-10-20-32-46/h6-36,42,49-59,64-66H,1,37-41H2,2-5H3/t42-,49+,50-,51-,52-,53+,54-,55-,56-,57+,58+,59+,64+,65-,66-/m0/s1. The Morgan fingerprint density at radius 1 is 0.437 bits per heavy atom. The lowest BCUT2D eigenvalue weighted by Gasteiger charge is -2.51. The third-order valence-corrected chi connectivity index (χ3v) is 14.3. The Balaban J connectivity index is 1.20. The molecular formula is C66H70O21. The zero-order valence-electron chi connectivity index (χ0n) is 48.4. The molecule has 0 unspecified atom stereocenters. The number of rotatable bonds is 28. The lowest BCUT2D eigenvalue weighted by molar-refractivity contribution is -0.448. The number of benzene rings is 6. The lowest BCUT2D eigenvalue weighted by Crippen LogP contribution is -2.68. The van der Waals surface area contributed by atoms with E-state index in [-0.39, 0.29) is 49.7 Å². The fraction of sp³-hybridized carbons (Fsp3) is 0.364. The van der Waals surface area contributed by atoms with Crippen LogP contribution in [0.25, 0.3) is 0 Å². The van der Waals surface area contributed by atoms with Gasteiger partial charge < -0.3 is 61.6 Å². The van der Waals surface area contributed by atoms with E-state index < -0.39 is 116 Å². The van der Waals surface area contributed by atoms with Gasteiger partial charge in [0.2, 0.25) is 0 Å². The Bertz CT molecular complexity index is 3060. The van der Waals surface area contributed by atoms with Gasteiger partial charge in [-0.15, -0.1) is 6.58 Å². The zero-order valence-corrected chi connectivity index (χ0v) is 48.4. The van der Waals surface area contributed by atoms with Crippen molar-refractivity contribution in [3.8, 4) is 0 Å². The highest BCUT2D eigenvalue weighted by Crippen LogP contribution is 2.39. The Morgan fingerprint density at radius 2 is 0.862 bits per heavy atom. The number of hydrogen-bond acceptors (Lipinski definition) is 21. The predicted molar refractivity (Wildman–Crippen MR) is 306 cm³/mol. The third-order valence-electron chi connectivity index (χ3n) is 14.3. The highest BCUT2D eigenvalue weighted by molar-refractivity contribution is 5.91. The molecule has 21 nitrogen and oxygen atoms in total. The maximum absolute atomic E-state index is 14.6. The van der Waals surface area contributed by atoms with E-state index in [0.29, 0.717) is 0 Å². The maximum Gasteiger partial charge on any atom is 0.338 e. The van der Waals surface area contributed by atoms with Crippen LogP contribution in [0.1, 0.15) is 54.7 Å². The summed E-state index contributed by atoms with van der Waals surface area (Å²) < 4.78 is 85.6. The molecular weight excluding hydrogens is 1130 g/mol. The quantitative estimate of drug-likeness (QED) is 0.0148. The molecule has 0 spiro atoms. The minimum absolute atomic E-state index is 0.0242. The Hall–Kier alpha value is -7.58. The number of hydrogen-bond donors (Lipinski definition) is 0. The SMILES string of the molecule is C=CCO[C@@H]1O[C@H](C(=O)OC)[C@@H](OOC)[C@H](OOC)[C@H]1O[C@@H]1O[C@H](COCc2ccccc2)[C@H](OCc2ccccc2)[C@H](OCc2ccccc2)[C@H]1O[C@@H]1O[C@@H](C)[C@H](OC(=O)c2ccccc2)[C@@H](OC(=O)c2ccccc2)[C@H]1OC(=O)c1ccccc1. The van der Waals surface area contributed by atoms with Crippen LogP contribution in [0.5, 0.6) is 0 Å². The number of methoxy groups -OCH3 is 1. The molecule has 87 heavy (non-hydrogen) atoms. The van der Waals surface area contributed by atoms with Gasteiger partial charge in [-0.2, -0.15) is 0 Å². The first-order valence-electron chi connectivity index (χ1n) is 28.2. The van der Waals surface area contributed by atoms with Crippen molar-refractivity contribution in [1.82, 2.24) is 0 Å². The van der Waals surface area contributed by atoms with Gasteiger partial charge in [0.05, 0.1) is 77.2 Å². The fourth-order valence-corrected chi connectivity index (χ4v) is 10.2. The molecule has 21 heteroatoms. The van der Waals surface area contributed by atoms with Crippen molar-refractivity contribution >= 4 is 23.9 Å². The summed E-state index contributed by atoms with van der Waals surface area (Å²) in [4.78, 5) is 78.9. The maximum atomic E-state index is 14.6. The van der Waals surface area contributed by atoms with Crippen LogP contribution in [0.15, 0.2) is 195 Å². The second-order valence-electron chi connectivity index (χ2n) is 20.2. The second-order valence-corrected chi connectivity index (χ2v) is 20.2. The summed E-state index contributed by atoms with van der Waals surface area (Å²) in [7, 11) is 3.61. The summed E-state index contributed by atoms with van der Waals surface area (Å²) in [6.07, 6.45) is -20.7. The van der Waals surface area contributed by atoms with Crippen LogP contribution in [0, 0.1) is 0 Å². The molecule has 0 radical (unpaired) electrons. The Kier molecular flexibility index (Phi) is 23.8. The number of carbonyl (C=O) groups is 4. The molecule has 0 bridgehead atoms. The van der Waals surface area contributed by atoms with Gasteiger partial charge >= 0.3 is 23.9 Å². The van der Waals surface area contributed by atoms with E-state index in [0.717, 1.165) is 23.8 Å². The van der Waals surface area contributed by atoms with Crippen LogP contribution >= 0.6 is 0 Å². The van der Waals surface area contributed by atoms with Crippen LogP contribution in [-0.4, -0.2) is 151 Å². The first-order chi connectivity index (χ1) is 42.6. The summed E-state index contributed by atoms with van der Waals surface area (Å²) in [6.45, 7) is 5.24. The first kappa shape index (κ1) is 63.9. The fourth-order valence-electron chi connectivity index (χ4n) is 10.2. The molecule has 9 rings (SSSR count). The van der Waals surface area contributed by atoms with E-state index in [1.54, 1.807) is 73.7 Å². The molecule has 0 N–H and O–H groups in total. The Labute approximate surface area is 503 Å². The zero-order chi connectivity index (χ0) is 60.9. The van der Waals surface area contributed by atoms with Crippen LogP contribution in [0.3, 0.4) is 0 Å². The average molecular weight is 1200 g/mol. The highest BCUT2D eigenvalue weighted by atomic mass is 17.2. The molecule has 0 saturated carbocycles. The molecule has 3 aliphatic heterocycles. The van der Waals surface area contributed by atoms with Gasteiger partial charge in [-0.1, -0.05) is 152 Å². The molecule has 0 aliphatic carbocycles. The average Bonchev–Trinajstić information content (AvgIpc) is 1.26. The topological polar surface area (TPSA) is 225 Å². The van der Waals surface area contributed by atoms with Crippen LogP contribution in [0.2, 0.25) is 0 Å². The summed E-state index contributed by atoms with van der Waals surface area (Å²) in [6, 6.07) is 52.6. The van der Waals surface area contributed by atoms with Gasteiger partial charge in [0.15, 0.2) is 55.5 Å². The minimum atomic E-state index is -1.77. The van der Waals surface area contributed by atoms with Crippen molar-refractivity contribution in [1.29, 1.82) is 0 Å². The van der Waals surface area contributed by atoms with Gasteiger partial charge in [-0.05, 0) is 60.0 Å². The molecule has 460 valence electrons. The van der Waals surface area contributed by atoms with Crippen molar-refractivity contribution < 1.29 is 100 Å². The molecule has 6 aromatic carbocycles. The van der Waals surface area contributed by atoms with Gasteiger partial charge in [0, 0.05) is 0 Å². The van der Waals surface area contributed by atoms with Crippen LogP contribution < -0.4 is 0 Å². The molecule has 3 fully saturated rings. The number of esters is 4. The molecule has 15 atom stereocenters.